The molecule has 0 spiro atoms. The van der Waals surface area contributed by atoms with Crippen molar-refractivity contribution in [2.45, 2.75) is 63.5 Å². The van der Waals surface area contributed by atoms with Gasteiger partial charge in [0.15, 0.2) is 0 Å². The van der Waals surface area contributed by atoms with Gasteiger partial charge in [0.1, 0.15) is 0 Å². The Labute approximate surface area is 98.9 Å². The quantitative estimate of drug-likeness (QED) is 0.795. The summed E-state index contributed by atoms with van der Waals surface area (Å²) in [6.45, 7) is 2.93. The van der Waals surface area contributed by atoms with Crippen LogP contribution in [-0.2, 0) is 4.74 Å². The van der Waals surface area contributed by atoms with E-state index >= 15 is 0 Å². The minimum absolute atomic E-state index is 0.244. The number of hydrogen-bond donors (Lipinski definition) is 1. The molecule has 4 rings (SSSR count). The molecule has 16 heavy (non-hydrogen) atoms. The lowest BCUT2D eigenvalue weighted by molar-refractivity contribution is -0.164. The Kier molecular flexibility index (Phi) is 2.75. The first-order chi connectivity index (χ1) is 7.69. The number of rotatable bonds is 4. The highest BCUT2D eigenvalue weighted by Gasteiger charge is 2.51. The van der Waals surface area contributed by atoms with Crippen molar-refractivity contribution in [1.29, 1.82) is 0 Å². The lowest BCUT2D eigenvalue weighted by atomic mass is 9.54. The Morgan fingerprint density at radius 1 is 1.12 bits per heavy atom. The van der Waals surface area contributed by atoms with Crippen LogP contribution < -0.4 is 5.73 Å². The molecule has 4 saturated carbocycles. The summed E-state index contributed by atoms with van der Waals surface area (Å²) in [5, 5.41) is 0. The van der Waals surface area contributed by atoms with E-state index in [1.807, 2.05) is 0 Å². The van der Waals surface area contributed by atoms with Gasteiger partial charge in [0.25, 0.3) is 0 Å². The molecule has 0 aromatic carbocycles. The van der Waals surface area contributed by atoms with Crippen molar-refractivity contribution in [3.8, 4) is 0 Å². The first-order valence-corrected chi connectivity index (χ1v) is 7.08. The molecule has 0 aromatic rings. The maximum atomic E-state index is 6.27. The van der Waals surface area contributed by atoms with Gasteiger partial charge in [0.05, 0.1) is 12.2 Å². The summed E-state index contributed by atoms with van der Waals surface area (Å²) in [5.74, 6) is 2.93. The summed E-state index contributed by atoms with van der Waals surface area (Å²) in [5.41, 5.74) is 6.23. The monoisotopic (exact) mass is 223 g/mol. The molecule has 2 heteroatoms. The lowest BCUT2D eigenvalue weighted by Gasteiger charge is -2.56. The van der Waals surface area contributed by atoms with Gasteiger partial charge in [0.2, 0.25) is 0 Å². The topological polar surface area (TPSA) is 35.2 Å². The second-order valence-corrected chi connectivity index (χ2v) is 6.58. The molecule has 2 nitrogen and oxygen atoms in total. The molecule has 0 saturated heterocycles. The summed E-state index contributed by atoms with van der Waals surface area (Å²) in [7, 11) is 0. The van der Waals surface area contributed by atoms with Gasteiger partial charge in [-0.15, -0.1) is 0 Å². The molecule has 4 fully saturated rings. The van der Waals surface area contributed by atoms with E-state index in [1.54, 1.807) is 0 Å². The van der Waals surface area contributed by atoms with Gasteiger partial charge < -0.3 is 10.5 Å². The Balaban J connectivity index is 1.64. The van der Waals surface area contributed by atoms with Gasteiger partial charge in [-0.25, -0.2) is 0 Å². The van der Waals surface area contributed by atoms with Crippen molar-refractivity contribution < 1.29 is 4.74 Å². The fraction of sp³-hybridized carbons (Fsp3) is 1.00. The average Bonchev–Trinajstić information content (AvgIpc) is 2.24. The molecule has 1 unspecified atom stereocenters. The van der Waals surface area contributed by atoms with E-state index in [1.165, 1.54) is 38.5 Å². The SMILES string of the molecule is CCC(N)COC12CC3CC(CC(C3)C1)C2. The van der Waals surface area contributed by atoms with E-state index in [0.717, 1.165) is 30.8 Å². The average molecular weight is 223 g/mol. The van der Waals surface area contributed by atoms with E-state index in [-0.39, 0.29) is 11.6 Å². The van der Waals surface area contributed by atoms with E-state index in [2.05, 4.69) is 6.92 Å². The fourth-order valence-corrected chi connectivity index (χ4v) is 4.61. The smallest absolute Gasteiger partial charge is 0.0691 e. The largest absolute Gasteiger partial charge is 0.373 e. The van der Waals surface area contributed by atoms with E-state index in [0.29, 0.717) is 0 Å². The molecule has 1 atom stereocenters. The number of nitrogens with two attached hydrogens (primary N) is 1. The highest BCUT2D eigenvalue weighted by Crippen LogP contribution is 2.57. The van der Waals surface area contributed by atoms with Crippen LogP contribution in [0.2, 0.25) is 0 Å². The second kappa shape index (κ2) is 3.99. The highest BCUT2D eigenvalue weighted by molar-refractivity contribution is 5.03. The predicted octanol–water partition coefficient (Wildman–Crippen LogP) is 2.71. The summed E-state index contributed by atoms with van der Waals surface area (Å²) in [4.78, 5) is 0. The number of hydrogen-bond acceptors (Lipinski definition) is 2. The van der Waals surface area contributed by atoms with Gasteiger partial charge in [-0.05, 0) is 62.7 Å². The van der Waals surface area contributed by atoms with Crippen LogP contribution in [0.25, 0.3) is 0 Å². The Bertz CT molecular complexity index is 228. The van der Waals surface area contributed by atoms with Crippen molar-refractivity contribution in [3.05, 3.63) is 0 Å². The minimum Gasteiger partial charge on any atom is -0.373 e. The Hall–Kier alpha value is -0.0800. The maximum Gasteiger partial charge on any atom is 0.0691 e. The van der Waals surface area contributed by atoms with Gasteiger partial charge in [-0.1, -0.05) is 6.92 Å². The van der Waals surface area contributed by atoms with Crippen LogP contribution in [0.15, 0.2) is 0 Å². The van der Waals surface area contributed by atoms with E-state index in [4.69, 9.17) is 10.5 Å². The van der Waals surface area contributed by atoms with E-state index < -0.39 is 0 Å². The normalized spacial score (nSPS) is 47.2. The molecule has 0 aliphatic heterocycles. The van der Waals surface area contributed by atoms with Gasteiger partial charge in [0, 0.05) is 6.04 Å². The van der Waals surface area contributed by atoms with Crippen molar-refractivity contribution >= 4 is 0 Å². The molecule has 0 aromatic heterocycles. The molecule has 92 valence electrons. The van der Waals surface area contributed by atoms with Crippen LogP contribution in [0.4, 0.5) is 0 Å². The van der Waals surface area contributed by atoms with Crippen molar-refractivity contribution in [2.24, 2.45) is 23.5 Å². The van der Waals surface area contributed by atoms with E-state index in [9.17, 15) is 0 Å². The summed E-state index contributed by atoms with van der Waals surface area (Å²) in [6.07, 6.45) is 9.49. The van der Waals surface area contributed by atoms with Crippen LogP contribution in [0.1, 0.15) is 51.9 Å². The zero-order chi connectivity index (χ0) is 11.2. The third kappa shape index (κ3) is 1.91. The first-order valence-electron chi connectivity index (χ1n) is 7.08. The van der Waals surface area contributed by atoms with Gasteiger partial charge in [-0.2, -0.15) is 0 Å². The first kappa shape index (κ1) is 11.0. The van der Waals surface area contributed by atoms with Crippen molar-refractivity contribution in [2.75, 3.05) is 6.61 Å². The van der Waals surface area contributed by atoms with Crippen LogP contribution in [-0.4, -0.2) is 18.2 Å². The minimum atomic E-state index is 0.244. The third-order valence-electron chi connectivity index (χ3n) is 5.11. The van der Waals surface area contributed by atoms with Crippen LogP contribution in [0.3, 0.4) is 0 Å². The maximum absolute atomic E-state index is 6.27. The Morgan fingerprint density at radius 2 is 1.62 bits per heavy atom. The lowest BCUT2D eigenvalue weighted by Crippen LogP contribution is -2.53. The Morgan fingerprint density at radius 3 is 2.06 bits per heavy atom. The highest BCUT2D eigenvalue weighted by atomic mass is 16.5. The van der Waals surface area contributed by atoms with Crippen LogP contribution in [0, 0.1) is 17.8 Å². The molecule has 2 N–H and O–H groups in total. The summed E-state index contributed by atoms with van der Waals surface area (Å²) < 4.78 is 6.27. The van der Waals surface area contributed by atoms with Crippen LogP contribution >= 0.6 is 0 Å². The molecule has 0 heterocycles. The predicted molar refractivity (Wildman–Crippen MR) is 65.1 cm³/mol. The molecule has 4 aliphatic rings. The summed E-state index contributed by atoms with van der Waals surface area (Å²) >= 11 is 0. The molecule has 0 radical (unpaired) electrons. The van der Waals surface area contributed by atoms with Gasteiger partial charge in [-0.3, -0.25) is 0 Å². The van der Waals surface area contributed by atoms with Crippen molar-refractivity contribution in [3.63, 3.8) is 0 Å². The zero-order valence-corrected chi connectivity index (χ0v) is 10.5. The van der Waals surface area contributed by atoms with Crippen LogP contribution in [0.5, 0.6) is 0 Å². The molecule has 0 amide bonds. The number of ether oxygens (including phenoxy) is 1. The zero-order valence-electron chi connectivity index (χ0n) is 10.5. The molecule has 4 bridgehead atoms. The molecular formula is C14H25NO. The molecule has 4 aliphatic carbocycles. The second-order valence-electron chi connectivity index (χ2n) is 6.58. The third-order valence-corrected chi connectivity index (χ3v) is 5.11. The summed E-state index contributed by atoms with van der Waals surface area (Å²) in [6, 6.07) is 0.244. The standard InChI is InChI=1S/C14H25NO/c1-2-13(15)9-16-14-6-10-3-11(7-14)5-12(4-10)8-14/h10-13H,2-9,15H2,1H3. The molecular weight excluding hydrogens is 198 g/mol. The van der Waals surface area contributed by atoms with Gasteiger partial charge >= 0.3 is 0 Å². The fourth-order valence-electron chi connectivity index (χ4n) is 4.61. The van der Waals surface area contributed by atoms with Crippen molar-refractivity contribution in [1.82, 2.24) is 0 Å².